The second-order valence-electron chi connectivity index (χ2n) is 6.21. The number of halogens is 2. The van der Waals surface area contributed by atoms with Crippen LogP contribution in [-0.2, 0) is 17.6 Å². The highest BCUT2D eigenvalue weighted by Crippen LogP contribution is 2.22. The number of amides is 1. The van der Waals surface area contributed by atoms with Gasteiger partial charge in [-0.2, -0.15) is 0 Å². The van der Waals surface area contributed by atoms with Crippen molar-refractivity contribution in [2.45, 2.75) is 37.8 Å². The molecule has 6 N–H and O–H groups in total. The van der Waals surface area contributed by atoms with Crippen molar-refractivity contribution in [2.24, 2.45) is 17.2 Å². The zero-order chi connectivity index (χ0) is 16.9. The monoisotopic (exact) mass is 383 g/mol. The van der Waals surface area contributed by atoms with Crippen LogP contribution in [0.3, 0.4) is 0 Å². The third-order valence-electron chi connectivity index (χ3n) is 4.29. The first kappa shape index (κ1) is 23.4. The molecule has 1 amide bonds. The summed E-state index contributed by atoms with van der Waals surface area (Å²) in [5.41, 5.74) is 19.5. The average Bonchev–Trinajstić information content (AvgIpc) is 2.55. The van der Waals surface area contributed by atoms with Crippen LogP contribution in [0.15, 0.2) is 54.6 Å². The summed E-state index contributed by atoms with van der Waals surface area (Å²) < 4.78 is 0. The molecule has 0 fully saturated rings. The van der Waals surface area contributed by atoms with Crippen molar-refractivity contribution in [1.29, 1.82) is 0 Å². The van der Waals surface area contributed by atoms with Crippen LogP contribution in [0, 0.1) is 0 Å². The van der Waals surface area contributed by atoms with Crippen molar-refractivity contribution in [3.8, 4) is 0 Å². The minimum atomic E-state index is -1.26. The lowest BCUT2D eigenvalue weighted by Crippen LogP contribution is -2.56. The fourth-order valence-electron chi connectivity index (χ4n) is 2.53. The van der Waals surface area contributed by atoms with Crippen LogP contribution in [0.5, 0.6) is 0 Å². The van der Waals surface area contributed by atoms with Crippen LogP contribution in [0.2, 0.25) is 0 Å². The number of primary amides is 1. The molecule has 0 saturated carbocycles. The molecule has 138 valence electrons. The van der Waals surface area contributed by atoms with Gasteiger partial charge in [-0.05, 0) is 42.9 Å². The predicted molar refractivity (Wildman–Crippen MR) is 108 cm³/mol. The largest absolute Gasteiger partial charge is 0.368 e. The number of hydrogen-bond donors (Lipinski definition) is 3. The first-order chi connectivity index (χ1) is 10.9. The summed E-state index contributed by atoms with van der Waals surface area (Å²) in [5, 5.41) is 0. The molecule has 0 spiro atoms. The molecule has 6 heteroatoms. The Morgan fingerprint density at radius 3 is 1.92 bits per heavy atom. The van der Waals surface area contributed by atoms with Gasteiger partial charge in [-0.1, -0.05) is 54.6 Å². The zero-order valence-electron chi connectivity index (χ0n) is 14.4. The number of nitrogens with two attached hydrogens (primary N) is 3. The average molecular weight is 384 g/mol. The summed E-state index contributed by atoms with van der Waals surface area (Å²) in [6, 6.07) is 17.8. The van der Waals surface area contributed by atoms with Crippen LogP contribution in [0.4, 0.5) is 0 Å². The molecular formula is C19H27Cl2N3O. The van der Waals surface area contributed by atoms with E-state index in [9.17, 15) is 4.79 Å². The molecule has 0 aliphatic heterocycles. The third kappa shape index (κ3) is 6.33. The number of rotatable bonds is 7. The van der Waals surface area contributed by atoms with Crippen molar-refractivity contribution in [2.75, 3.05) is 0 Å². The standard InChI is InChI=1S/C19H25N3O.2ClH/c1-19(22,18(21)23)17(20)16-12-10-15(11-13-16)9-5-8-14-6-3-2-4-7-14;;/h2-4,6-7,10-13,17H,5,8-9,20,22H2,1H3,(H2,21,23);2*1H. The fraction of sp³-hybridized carbons (Fsp3) is 0.316. The van der Waals surface area contributed by atoms with Gasteiger partial charge in [0.1, 0.15) is 5.54 Å². The van der Waals surface area contributed by atoms with Gasteiger partial charge in [0, 0.05) is 0 Å². The van der Waals surface area contributed by atoms with Gasteiger partial charge in [0.05, 0.1) is 6.04 Å². The fourth-order valence-corrected chi connectivity index (χ4v) is 2.53. The van der Waals surface area contributed by atoms with E-state index in [0.29, 0.717) is 0 Å². The highest BCUT2D eigenvalue weighted by molar-refractivity contribution is 5.86. The van der Waals surface area contributed by atoms with Gasteiger partial charge < -0.3 is 17.2 Å². The van der Waals surface area contributed by atoms with Crippen molar-refractivity contribution in [3.05, 3.63) is 71.3 Å². The molecule has 2 atom stereocenters. The molecule has 0 saturated heterocycles. The van der Waals surface area contributed by atoms with E-state index in [1.807, 2.05) is 30.3 Å². The quantitative estimate of drug-likeness (QED) is 0.685. The molecule has 0 heterocycles. The van der Waals surface area contributed by atoms with Crippen LogP contribution in [0.1, 0.15) is 36.1 Å². The number of benzene rings is 2. The van der Waals surface area contributed by atoms with Gasteiger partial charge in [-0.15, -0.1) is 24.8 Å². The summed E-state index contributed by atoms with van der Waals surface area (Å²) in [6.45, 7) is 1.56. The first-order valence-corrected chi connectivity index (χ1v) is 7.88. The molecular weight excluding hydrogens is 357 g/mol. The Hall–Kier alpha value is -1.59. The molecule has 4 nitrogen and oxygen atoms in total. The Morgan fingerprint density at radius 1 is 0.960 bits per heavy atom. The van der Waals surface area contributed by atoms with E-state index < -0.39 is 17.5 Å². The molecule has 0 aliphatic carbocycles. The van der Waals surface area contributed by atoms with E-state index in [1.54, 1.807) is 6.92 Å². The maximum atomic E-state index is 11.4. The van der Waals surface area contributed by atoms with Crippen LogP contribution in [-0.4, -0.2) is 11.4 Å². The van der Waals surface area contributed by atoms with E-state index in [0.717, 1.165) is 24.8 Å². The van der Waals surface area contributed by atoms with E-state index in [-0.39, 0.29) is 24.8 Å². The normalized spacial score (nSPS) is 13.7. The lowest BCUT2D eigenvalue weighted by molar-refractivity contribution is -0.123. The lowest BCUT2D eigenvalue weighted by atomic mass is 9.87. The minimum Gasteiger partial charge on any atom is -0.368 e. The summed E-state index contributed by atoms with van der Waals surface area (Å²) in [7, 11) is 0. The lowest BCUT2D eigenvalue weighted by Gasteiger charge is -2.28. The number of carbonyl (C=O) groups excluding carboxylic acids is 1. The summed E-state index contributed by atoms with van der Waals surface area (Å²) >= 11 is 0. The minimum absolute atomic E-state index is 0. The molecule has 0 bridgehead atoms. The van der Waals surface area contributed by atoms with Crippen LogP contribution >= 0.6 is 24.8 Å². The maximum absolute atomic E-state index is 11.4. The maximum Gasteiger partial charge on any atom is 0.239 e. The Morgan fingerprint density at radius 2 is 1.44 bits per heavy atom. The first-order valence-electron chi connectivity index (χ1n) is 7.88. The number of aryl methyl sites for hydroxylation is 2. The zero-order valence-corrected chi connectivity index (χ0v) is 16.0. The third-order valence-corrected chi connectivity index (χ3v) is 4.29. The molecule has 2 rings (SSSR count). The Balaban J connectivity index is 0.00000288. The Kier molecular flexibility index (Phi) is 9.75. The van der Waals surface area contributed by atoms with Gasteiger partial charge in [0.15, 0.2) is 0 Å². The smallest absolute Gasteiger partial charge is 0.239 e. The molecule has 2 aromatic carbocycles. The second-order valence-corrected chi connectivity index (χ2v) is 6.21. The van der Waals surface area contributed by atoms with Crippen molar-refractivity contribution < 1.29 is 4.79 Å². The van der Waals surface area contributed by atoms with E-state index in [1.165, 1.54) is 11.1 Å². The summed E-state index contributed by atoms with van der Waals surface area (Å²) in [5.74, 6) is -0.600. The van der Waals surface area contributed by atoms with E-state index in [2.05, 4.69) is 24.3 Å². The van der Waals surface area contributed by atoms with Crippen LogP contribution < -0.4 is 17.2 Å². The number of carbonyl (C=O) groups is 1. The van der Waals surface area contributed by atoms with Gasteiger partial charge in [-0.25, -0.2) is 0 Å². The molecule has 0 aliphatic rings. The van der Waals surface area contributed by atoms with Gasteiger partial charge in [0.2, 0.25) is 5.91 Å². The van der Waals surface area contributed by atoms with Crippen molar-refractivity contribution in [1.82, 2.24) is 0 Å². The molecule has 2 unspecified atom stereocenters. The van der Waals surface area contributed by atoms with Gasteiger partial charge in [0.25, 0.3) is 0 Å². The Bertz CT molecular complexity index is 645. The van der Waals surface area contributed by atoms with Crippen molar-refractivity contribution in [3.63, 3.8) is 0 Å². The Labute approximate surface area is 162 Å². The summed E-state index contributed by atoms with van der Waals surface area (Å²) in [4.78, 5) is 11.4. The highest BCUT2D eigenvalue weighted by atomic mass is 35.5. The van der Waals surface area contributed by atoms with Crippen LogP contribution in [0.25, 0.3) is 0 Å². The predicted octanol–water partition coefficient (Wildman–Crippen LogP) is 2.91. The molecule has 25 heavy (non-hydrogen) atoms. The van der Waals surface area contributed by atoms with E-state index >= 15 is 0 Å². The number of hydrogen-bond acceptors (Lipinski definition) is 3. The molecule has 0 radical (unpaired) electrons. The SMILES string of the molecule is CC(N)(C(N)=O)C(N)c1ccc(CCCc2ccccc2)cc1.Cl.Cl. The van der Waals surface area contributed by atoms with E-state index in [4.69, 9.17) is 17.2 Å². The van der Waals surface area contributed by atoms with Crippen molar-refractivity contribution >= 4 is 30.7 Å². The molecule has 2 aromatic rings. The topological polar surface area (TPSA) is 95.1 Å². The highest BCUT2D eigenvalue weighted by Gasteiger charge is 2.34. The summed E-state index contributed by atoms with van der Waals surface area (Å²) in [6.07, 6.45) is 3.15. The second kappa shape index (κ2) is 10.4. The van der Waals surface area contributed by atoms with Gasteiger partial charge >= 0.3 is 0 Å². The molecule has 0 aromatic heterocycles. The van der Waals surface area contributed by atoms with Gasteiger partial charge in [-0.3, -0.25) is 4.79 Å².